The molecular weight excluding hydrogens is 312 g/mol. The summed E-state index contributed by atoms with van der Waals surface area (Å²) in [6, 6.07) is 6.01. The monoisotopic (exact) mass is 330 g/mol. The Morgan fingerprint density at radius 2 is 2.17 bits per heavy atom. The molecule has 7 nitrogen and oxygen atoms in total. The lowest BCUT2D eigenvalue weighted by Crippen LogP contribution is -2.41. The molecule has 1 saturated heterocycles. The molecule has 3 heterocycles. The number of carbonyl (C=O) groups is 2. The largest absolute Gasteiger partial charge is 0.480 e. The van der Waals surface area contributed by atoms with Crippen molar-refractivity contribution in [3.8, 4) is 11.5 Å². The Morgan fingerprint density at radius 3 is 2.75 bits per heavy atom. The number of aryl methyl sites for hydroxylation is 1. The van der Waals surface area contributed by atoms with E-state index < -0.39 is 12.0 Å². The fourth-order valence-corrected chi connectivity index (χ4v) is 2.93. The van der Waals surface area contributed by atoms with Gasteiger partial charge in [-0.05, 0) is 31.2 Å². The number of amides is 1. The van der Waals surface area contributed by atoms with E-state index in [2.05, 4.69) is 4.98 Å². The van der Waals surface area contributed by atoms with Gasteiger partial charge < -0.3 is 19.2 Å². The van der Waals surface area contributed by atoms with Crippen molar-refractivity contribution >= 4 is 11.9 Å². The number of hydrogen-bond acceptors (Lipinski definition) is 5. The van der Waals surface area contributed by atoms with Crippen molar-refractivity contribution in [2.45, 2.75) is 25.5 Å². The Kier molecular flexibility index (Phi) is 4.35. The van der Waals surface area contributed by atoms with Crippen LogP contribution in [0.25, 0.3) is 11.5 Å². The fourth-order valence-electron chi connectivity index (χ4n) is 2.93. The number of ether oxygens (including phenoxy) is 1. The number of nitrogens with zero attached hydrogens (tertiary/aromatic N) is 2. The highest BCUT2D eigenvalue weighted by Crippen LogP contribution is 2.25. The van der Waals surface area contributed by atoms with Crippen LogP contribution in [0, 0.1) is 6.92 Å². The Labute approximate surface area is 138 Å². The summed E-state index contributed by atoms with van der Waals surface area (Å²) in [6.45, 7) is 1.98. The van der Waals surface area contributed by atoms with Crippen molar-refractivity contribution in [1.29, 1.82) is 0 Å². The minimum atomic E-state index is -1.03. The number of carbonyl (C=O) groups excluding carboxylic acids is 1. The lowest BCUT2D eigenvalue weighted by atomic mass is 10.1. The molecule has 2 aromatic rings. The van der Waals surface area contributed by atoms with Crippen LogP contribution in [0.15, 0.2) is 34.9 Å². The molecule has 1 N–H and O–H groups in total. The third kappa shape index (κ3) is 2.90. The van der Waals surface area contributed by atoms with Crippen LogP contribution in [-0.2, 0) is 9.53 Å². The third-order valence-corrected chi connectivity index (χ3v) is 4.23. The number of furan rings is 1. The van der Waals surface area contributed by atoms with Gasteiger partial charge in [-0.2, -0.15) is 0 Å². The van der Waals surface area contributed by atoms with E-state index in [0.717, 1.165) is 0 Å². The number of hydrogen-bond donors (Lipinski definition) is 1. The van der Waals surface area contributed by atoms with Gasteiger partial charge in [0.15, 0.2) is 5.76 Å². The van der Waals surface area contributed by atoms with Crippen LogP contribution in [0.5, 0.6) is 0 Å². The van der Waals surface area contributed by atoms with Crippen LogP contribution in [0.4, 0.5) is 0 Å². The Bertz CT molecular complexity index is 756. The van der Waals surface area contributed by atoms with Crippen molar-refractivity contribution in [1.82, 2.24) is 9.88 Å². The smallest absolute Gasteiger partial charge is 0.326 e. The van der Waals surface area contributed by atoms with Gasteiger partial charge in [0.1, 0.15) is 11.7 Å². The van der Waals surface area contributed by atoms with Crippen molar-refractivity contribution in [2.75, 3.05) is 13.7 Å². The number of aromatic nitrogens is 1. The zero-order valence-corrected chi connectivity index (χ0v) is 13.4. The molecule has 1 aliphatic rings. The number of carboxylic acid groups (broad SMARTS) is 1. The van der Waals surface area contributed by atoms with Gasteiger partial charge in [0, 0.05) is 20.1 Å². The number of rotatable bonds is 4. The quantitative estimate of drug-likeness (QED) is 0.921. The first kappa shape index (κ1) is 16.2. The van der Waals surface area contributed by atoms with Crippen molar-refractivity contribution in [3.05, 3.63) is 41.8 Å². The normalized spacial score (nSPS) is 20.3. The average molecular weight is 330 g/mol. The van der Waals surface area contributed by atoms with E-state index in [-0.39, 0.29) is 25.0 Å². The maximum absolute atomic E-state index is 12.8. The molecule has 2 unspecified atom stereocenters. The topological polar surface area (TPSA) is 92.9 Å². The highest BCUT2D eigenvalue weighted by atomic mass is 16.5. The molecular formula is C17H18N2O5. The Balaban J connectivity index is 1.88. The van der Waals surface area contributed by atoms with E-state index in [1.165, 1.54) is 12.0 Å². The summed E-state index contributed by atoms with van der Waals surface area (Å²) < 4.78 is 10.5. The second-order valence-corrected chi connectivity index (χ2v) is 5.71. The van der Waals surface area contributed by atoms with Crippen LogP contribution in [0.3, 0.4) is 0 Å². The van der Waals surface area contributed by atoms with Crippen LogP contribution in [0.1, 0.15) is 22.5 Å². The van der Waals surface area contributed by atoms with Gasteiger partial charge in [-0.15, -0.1) is 0 Å². The van der Waals surface area contributed by atoms with E-state index >= 15 is 0 Å². The highest BCUT2D eigenvalue weighted by Gasteiger charge is 2.40. The Hall–Kier alpha value is -2.67. The van der Waals surface area contributed by atoms with E-state index in [1.807, 2.05) is 0 Å². The van der Waals surface area contributed by atoms with Crippen LogP contribution in [-0.4, -0.2) is 52.7 Å². The van der Waals surface area contributed by atoms with Crippen LogP contribution in [0.2, 0.25) is 0 Å². The minimum Gasteiger partial charge on any atom is -0.480 e. The predicted molar refractivity (Wildman–Crippen MR) is 84.6 cm³/mol. The number of pyridine rings is 1. The molecule has 1 fully saturated rings. The number of methoxy groups -OCH3 is 1. The molecule has 3 rings (SSSR count). The molecule has 0 spiro atoms. The number of aliphatic carboxylic acids is 1. The van der Waals surface area contributed by atoms with Gasteiger partial charge >= 0.3 is 5.97 Å². The van der Waals surface area contributed by atoms with Gasteiger partial charge in [0.25, 0.3) is 5.91 Å². The highest BCUT2D eigenvalue weighted by molar-refractivity contribution is 5.98. The molecule has 0 aliphatic carbocycles. The predicted octanol–water partition coefficient (Wildman–Crippen LogP) is 1.96. The van der Waals surface area contributed by atoms with E-state index in [9.17, 15) is 14.7 Å². The summed E-state index contributed by atoms with van der Waals surface area (Å²) in [6.07, 6.45) is 1.57. The van der Waals surface area contributed by atoms with Gasteiger partial charge in [0.05, 0.1) is 23.6 Å². The second kappa shape index (κ2) is 6.45. The van der Waals surface area contributed by atoms with Gasteiger partial charge in [0.2, 0.25) is 0 Å². The SMILES string of the molecule is COC1CC(C(=O)O)N(C(=O)c2ccc(-c3ccco3)nc2C)C1. The minimum absolute atomic E-state index is 0.256. The first-order valence-electron chi connectivity index (χ1n) is 7.59. The van der Waals surface area contributed by atoms with E-state index in [0.29, 0.717) is 22.7 Å². The van der Waals surface area contributed by atoms with E-state index in [1.54, 1.807) is 37.5 Å². The number of carboxylic acids is 1. The summed E-state index contributed by atoms with van der Waals surface area (Å²) in [5, 5.41) is 9.35. The maximum atomic E-state index is 12.8. The number of likely N-dealkylation sites (tertiary alicyclic amines) is 1. The first-order chi connectivity index (χ1) is 11.5. The first-order valence-corrected chi connectivity index (χ1v) is 7.59. The fraction of sp³-hybridized carbons (Fsp3) is 0.353. The average Bonchev–Trinajstić information content (AvgIpc) is 3.23. The van der Waals surface area contributed by atoms with Gasteiger partial charge in [-0.25, -0.2) is 9.78 Å². The molecule has 2 atom stereocenters. The standard InChI is InChI=1S/C17H18N2O5/c1-10-12(5-6-13(18-10)15-4-3-7-24-15)16(20)19-9-11(23-2)8-14(19)17(21)22/h3-7,11,14H,8-9H2,1-2H3,(H,21,22). The molecule has 7 heteroatoms. The summed E-state index contributed by atoms with van der Waals surface area (Å²) in [7, 11) is 1.52. The lowest BCUT2D eigenvalue weighted by molar-refractivity contribution is -0.141. The van der Waals surface area contributed by atoms with E-state index in [4.69, 9.17) is 9.15 Å². The molecule has 1 aliphatic heterocycles. The summed E-state index contributed by atoms with van der Waals surface area (Å²) >= 11 is 0. The second-order valence-electron chi connectivity index (χ2n) is 5.71. The molecule has 24 heavy (non-hydrogen) atoms. The van der Waals surface area contributed by atoms with Crippen LogP contribution >= 0.6 is 0 Å². The van der Waals surface area contributed by atoms with Crippen LogP contribution < -0.4 is 0 Å². The molecule has 0 saturated carbocycles. The van der Waals surface area contributed by atoms with Gasteiger partial charge in [-0.3, -0.25) is 4.79 Å². The van der Waals surface area contributed by atoms with Gasteiger partial charge in [-0.1, -0.05) is 0 Å². The molecule has 0 aromatic carbocycles. The summed E-state index contributed by atoms with van der Waals surface area (Å²) in [5.74, 6) is -0.764. The lowest BCUT2D eigenvalue weighted by Gasteiger charge is -2.22. The van der Waals surface area contributed by atoms with Crippen molar-refractivity contribution in [2.24, 2.45) is 0 Å². The molecule has 126 valence electrons. The summed E-state index contributed by atoms with van der Waals surface area (Å²) in [4.78, 5) is 29.9. The van der Waals surface area contributed by atoms with Crippen molar-refractivity contribution in [3.63, 3.8) is 0 Å². The third-order valence-electron chi connectivity index (χ3n) is 4.23. The zero-order valence-electron chi connectivity index (χ0n) is 13.4. The molecule has 0 radical (unpaired) electrons. The Morgan fingerprint density at radius 1 is 1.38 bits per heavy atom. The molecule has 1 amide bonds. The zero-order chi connectivity index (χ0) is 17.3. The maximum Gasteiger partial charge on any atom is 0.326 e. The molecule has 2 aromatic heterocycles. The molecule has 0 bridgehead atoms. The summed E-state index contributed by atoms with van der Waals surface area (Å²) in [5.41, 5.74) is 1.53. The van der Waals surface area contributed by atoms with Crippen molar-refractivity contribution < 1.29 is 23.8 Å².